The summed E-state index contributed by atoms with van der Waals surface area (Å²) < 4.78 is 39.8. The highest BCUT2D eigenvalue weighted by atomic mass is 19.4. The molecule has 1 saturated heterocycles. The first-order valence-corrected chi connectivity index (χ1v) is 6.28. The van der Waals surface area contributed by atoms with Crippen molar-refractivity contribution in [2.75, 3.05) is 26.3 Å². The van der Waals surface area contributed by atoms with Gasteiger partial charge >= 0.3 is 6.18 Å². The van der Waals surface area contributed by atoms with Gasteiger partial charge in [0, 0.05) is 25.4 Å². The molecule has 0 N–H and O–H groups in total. The molecule has 0 radical (unpaired) electrons. The molecule has 110 valence electrons. The molecular weight excluding hydrogens is 263 g/mol. The van der Waals surface area contributed by atoms with Gasteiger partial charge in [-0.1, -0.05) is 6.92 Å². The molecule has 1 aliphatic heterocycles. The standard InChI is InChI=1S/C12H18F3NO3/c1-2-9-7-16(5-3-10(9)17)11(18)4-6-19-8-12(13,14)15/h9H,2-8H2,1H3. The minimum atomic E-state index is -4.37. The number of rotatable bonds is 5. The van der Waals surface area contributed by atoms with Crippen LogP contribution in [0.4, 0.5) is 13.2 Å². The number of Topliss-reactive ketones (excluding diaryl/α,β-unsaturated/α-hetero) is 1. The number of hydrogen-bond acceptors (Lipinski definition) is 3. The van der Waals surface area contributed by atoms with Gasteiger partial charge in [-0.3, -0.25) is 9.59 Å². The van der Waals surface area contributed by atoms with Crippen LogP contribution in [-0.4, -0.2) is 49.1 Å². The molecule has 0 spiro atoms. The summed E-state index contributed by atoms with van der Waals surface area (Å²) in [6.07, 6.45) is -3.45. The monoisotopic (exact) mass is 281 g/mol. The maximum Gasteiger partial charge on any atom is 0.411 e. The third kappa shape index (κ3) is 5.59. The van der Waals surface area contributed by atoms with E-state index in [1.807, 2.05) is 6.92 Å². The van der Waals surface area contributed by atoms with Crippen molar-refractivity contribution in [1.29, 1.82) is 0 Å². The van der Waals surface area contributed by atoms with Crippen LogP contribution >= 0.6 is 0 Å². The number of ketones is 1. The molecule has 1 aliphatic rings. The Balaban J connectivity index is 2.28. The summed E-state index contributed by atoms with van der Waals surface area (Å²) in [4.78, 5) is 24.8. The molecule has 0 saturated carbocycles. The maximum absolute atomic E-state index is 11.8. The number of nitrogens with zero attached hydrogens (tertiary/aromatic N) is 1. The second-order valence-corrected chi connectivity index (χ2v) is 4.58. The summed E-state index contributed by atoms with van der Waals surface area (Å²) in [7, 11) is 0. The smallest absolute Gasteiger partial charge is 0.372 e. The number of halogens is 3. The second kappa shape index (κ2) is 6.88. The molecule has 1 fully saturated rings. The third-order valence-corrected chi connectivity index (χ3v) is 3.10. The van der Waals surface area contributed by atoms with E-state index in [1.165, 1.54) is 4.90 Å². The lowest BCUT2D eigenvalue weighted by Gasteiger charge is -2.31. The summed E-state index contributed by atoms with van der Waals surface area (Å²) in [6.45, 7) is 1.01. The van der Waals surface area contributed by atoms with Crippen LogP contribution in [0, 0.1) is 5.92 Å². The van der Waals surface area contributed by atoms with Crippen LogP contribution in [0.5, 0.6) is 0 Å². The first-order chi connectivity index (χ1) is 8.83. The van der Waals surface area contributed by atoms with E-state index in [2.05, 4.69) is 4.74 Å². The maximum atomic E-state index is 11.8. The van der Waals surface area contributed by atoms with Gasteiger partial charge in [-0.25, -0.2) is 0 Å². The fourth-order valence-corrected chi connectivity index (χ4v) is 2.00. The number of carbonyl (C=O) groups excluding carboxylic acids is 2. The third-order valence-electron chi connectivity index (χ3n) is 3.10. The Morgan fingerprint density at radius 1 is 1.47 bits per heavy atom. The Labute approximate surface area is 109 Å². The van der Waals surface area contributed by atoms with E-state index in [0.29, 0.717) is 25.9 Å². The van der Waals surface area contributed by atoms with Crippen molar-refractivity contribution in [3.05, 3.63) is 0 Å². The van der Waals surface area contributed by atoms with Gasteiger partial charge in [0.25, 0.3) is 0 Å². The van der Waals surface area contributed by atoms with Crippen molar-refractivity contribution >= 4 is 11.7 Å². The topological polar surface area (TPSA) is 46.6 Å². The zero-order chi connectivity index (χ0) is 14.5. The number of ether oxygens (including phenoxy) is 1. The van der Waals surface area contributed by atoms with Gasteiger partial charge in [-0.15, -0.1) is 0 Å². The predicted molar refractivity (Wildman–Crippen MR) is 61.5 cm³/mol. The molecular formula is C12H18F3NO3. The number of piperidine rings is 1. The fraction of sp³-hybridized carbons (Fsp3) is 0.833. The summed E-state index contributed by atoms with van der Waals surface area (Å²) in [5.74, 6) is -0.248. The van der Waals surface area contributed by atoms with E-state index >= 15 is 0 Å². The summed E-state index contributed by atoms with van der Waals surface area (Å²) in [5, 5.41) is 0. The van der Waals surface area contributed by atoms with Crippen LogP contribution in [-0.2, 0) is 14.3 Å². The van der Waals surface area contributed by atoms with Crippen molar-refractivity contribution < 1.29 is 27.5 Å². The Kier molecular flexibility index (Phi) is 5.78. The molecule has 0 bridgehead atoms. The molecule has 1 rings (SSSR count). The molecule has 4 nitrogen and oxygen atoms in total. The van der Waals surface area contributed by atoms with Crippen LogP contribution < -0.4 is 0 Å². The highest BCUT2D eigenvalue weighted by Gasteiger charge is 2.29. The zero-order valence-corrected chi connectivity index (χ0v) is 10.8. The summed E-state index contributed by atoms with van der Waals surface area (Å²) in [6, 6.07) is 0. The van der Waals surface area contributed by atoms with E-state index in [9.17, 15) is 22.8 Å². The van der Waals surface area contributed by atoms with Gasteiger partial charge in [-0.05, 0) is 6.42 Å². The molecule has 7 heteroatoms. The van der Waals surface area contributed by atoms with E-state index in [1.54, 1.807) is 0 Å². The highest BCUT2D eigenvalue weighted by Crippen LogP contribution is 2.17. The molecule has 0 aliphatic carbocycles. The van der Waals surface area contributed by atoms with Gasteiger partial charge in [0.05, 0.1) is 13.0 Å². The average Bonchev–Trinajstić information content (AvgIpc) is 2.33. The minimum absolute atomic E-state index is 0.0826. The van der Waals surface area contributed by atoms with Crippen LogP contribution in [0.25, 0.3) is 0 Å². The van der Waals surface area contributed by atoms with E-state index in [4.69, 9.17) is 0 Å². The lowest BCUT2D eigenvalue weighted by atomic mass is 9.94. The fourth-order valence-electron chi connectivity index (χ4n) is 2.00. The van der Waals surface area contributed by atoms with Crippen molar-refractivity contribution in [2.24, 2.45) is 5.92 Å². The zero-order valence-electron chi connectivity index (χ0n) is 10.8. The van der Waals surface area contributed by atoms with Crippen molar-refractivity contribution in [1.82, 2.24) is 4.90 Å². The predicted octanol–water partition coefficient (Wildman–Crippen LogP) is 1.78. The van der Waals surface area contributed by atoms with Crippen LogP contribution in [0.2, 0.25) is 0 Å². The lowest BCUT2D eigenvalue weighted by Crippen LogP contribution is -2.44. The minimum Gasteiger partial charge on any atom is -0.372 e. The molecule has 1 amide bonds. The number of amides is 1. The van der Waals surface area contributed by atoms with Gasteiger partial charge in [0.2, 0.25) is 5.91 Å². The van der Waals surface area contributed by atoms with Crippen molar-refractivity contribution in [3.63, 3.8) is 0 Å². The van der Waals surface area contributed by atoms with Gasteiger partial charge in [0.15, 0.2) is 0 Å². The van der Waals surface area contributed by atoms with Gasteiger partial charge in [-0.2, -0.15) is 13.2 Å². The van der Waals surface area contributed by atoms with Gasteiger partial charge < -0.3 is 9.64 Å². The summed E-state index contributed by atoms with van der Waals surface area (Å²) >= 11 is 0. The second-order valence-electron chi connectivity index (χ2n) is 4.58. The quantitative estimate of drug-likeness (QED) is 0.722. The van der Waals surface area contributed by atoms with Crippen LogP contribution in [0.3, 0.4) is 0 Å². The number of hydrogen-bond donors (Lipinski definition) is 0. The molecule has 1 atom stereocenters. The normalized spacial score (nSPS) is 20.7. The number of carbonyl (C=O) groups is 2. The number of alkyl halides is 3. The average molecular weight is 281 g/mol. The Bertz CT molecular complexity index is 331. The van der Waals surface area contributed by atoms with E-state index in [0.717, 1.165) is 0 Å². The van der Waals surface area contributed by atoms with E-state index in [-0.39, 0.29) is 30.6 Å². The molecule has 19 heavy (non-hydrogen) atoms. The SMILES string of the molecule is CCC1CN(C(=O)CCOCC(F)(F)F)CCC1=O. The molecule has 1 heterocycles. The molecule has 1 unspecified atom stereocenters. The Morgan fingerprint density at radius 2 is 2.16 bits per heavy atom. The first kappa shape index (κ1) is 15.9. The van der Waals surface area contributed by atoms with Crippen LogP contribution in [0.1, 0.15) is 26.2 Å². The number of likely N-dealkylation sites (tertiary alicyclic amines) is 1. The van der Waals surface area contributed by atoms with E-state index < -0.39 is 12.8 Å². The Morgan fingerprint density at radius 3 is 2.74 bits per heavy atom. The molecule has 0 aromatic carbocycles. The largest absolute Gasteiger partial charge is 0.411 e. The van der Waals surface area contributed by atoms with Crippen LogP contribution in [0.15, 0.2) is 0 Å². The highest BCUT2D eigenvalue weighted by molar-refractivity contribution is 5.85. The lowest BCUT2D eigenvalue weighted by molar-refractivity contribution is -0.175. The van der Waals surface area contributed by atoms with Crippen molar-refractivity contribution in [2.45, 2.75) is 32.4 Å². The van der Waals surface area contributed by atoms with Gasteiger partial charge in [0.1, 0.15) is 12.4 Å². The first-order valence-electron chi connectivity index (χ1n) is 6.28. The summed E-state index contributed by atoms with van der Waals surface area (Å²) in [5.41, 5.74) is 0. The molecule has 0 aromatic heterocycles. The Hall–Kier alpha value is -1.11. The van der Waals surface area contributed by atoms with Crippen molar-refractivity contribution in [3.8, 4) is 0 Å². The molecule has 0 aromatic rings.